The van der Waals surface area contributed by atoms with Gasteiger partial charge in [0.15, 0.2) is 11.5 Å². The van der Waals surface area contributed by atoms with Crippen molar-refractivity contribution in [3.05, 3.63) is 47.4 Å². The maximum atomic E-state index is 13.1. The van der Waals surface area contributed by atoms with E-state index in [1.165, 1.54) is 14.2 Å². The number of hydrogen-bond donors (Lipinski definition) is 1. The minimum atomic E-state index is -0.532. The van der Waals surface area contributed by atoms with Crippen molar-refractivity contribution < 1.29 is 23.5 Å². The van der Waals surface area contributed by atoms with E-state index in [0.717, 1.165) is 5.56 Å². The molecule has 2 amide bonds. The Morgan fingerprint density at radius 3 is 2.88 bits per heavy atom. The molecule has 0 radical (unpaired) electrons. The summed E-state index contributed by atoms with van der Waals surface area (Å²) in [7, 11) is 3.04. The number of nitrogens with one attached hydrogen (secondary N) is 1. The number of carbonyl (C=O) groups excluding carboxylic acids is 2. The summed E-state index contributed by atoms with van der Waals surface area (Å²) in [5.41, 5.74) is 1.34. The van der Waals surface area contributed by atoms with Gasteiger partial charge >= 0.3 is 0 Å². The van der Waals surface area contributed by atoms with E-state index in [1.807, 2.05) is 6.07 Å². The molecule has 2 aliphatic heterocycles. The second-order valence-electron chi connectivity index (χ2n) is 5.98. The predicted molar refractivity (Wildman–Crippen MR) is 95.3 cm³/mol. The van der Waals surface area contributed by atoms with Crippen LogP contribution >= 0.6 is 11.8 Å². The van der Waals surface area contributed by atoms with Crippen LogP contribution in [0.3, 0.4) is 0 Å². The Morgan fingerprint density at radius 2 is 2.19 bits per heavy atom. The van der Waals surface area contributed by atoms with Crippen LogP contribution in [-0.4, -0.2) is 42.7 Å². The third-order valence-electron chi connectivity index (χ3n) is 4.61. The van der Waals surface area contributed by atoms with Crippen LogP contribution in [0.15, 0.2) is 34.9 Å². The number of ether oxygens (including phenoxy) is 2. The zero-order valence-corrected chi connectivity index (χ0v) is 15.2. The smallest absolute Gasteiger partial charge is 0.260 e. The highest BCUT2D eigenvalue weighted by Crippen LogP contribution is 2.52. The van der Waals surface area contributed by atoms with Crippen LogP contribution in [0.5, 0.6) is 11.5 Å². The van der Waals surface area contributed by atoms with Crippen LogP contribution in [-0.2, 0) is 11.3 Å². The number of furan rings is 1. The molecule has 1 saturated heterocycles. The van der Waals surface area contributed by atoms with E-state index in [-0.39, 0.29) is 17.2 Å². The Morgan fingerprint density at radius 1 is 1.35 bits per heavy atom. The van der Waals surface area contributed by atoms with Crippen molar-refractivity contribution in [2.45, 2.75) is 18.0 Å². The molecule has 0 saturated carbocycles. The maximum Gasteiger partial charge on any atom is 0.260 e. The summed E-state index contributed by atoms with van der Waals surface area (Å²) in [5.74, 6) is 1.74. The second kappa shape index (κ2) is 6.60. The van der Waals surface area contributed by atoms with Gasteiger partial charge in [-0.1, -0.05) is 6.07 Å². The van der Waals surface area contributed by atoms with Gasteiger partial charge in [-0.3, -0.25) is 9.59 Å². The molecule has 1 aromatic carbocycles. The zero-order valence-electron chi connectivity index (χ0n) is 14.4. The van der Waals surface area contributed by atoms with E-state index in [2.05, 4.69) is 5.32 Å². The Kier molecular flexibility index (Phi) is 4.28. The second-order valence-corrected chi connectivity index (χ2v) is 7.09. The maximum absolute atomic E-state index is 13.1. The molecule has 1 fully saturated rings. The van der Waals surface area contributed by atoms with Crippen molar-refractivity contribution in [1.82, 2.24) is 10.2 Å². The molecule has 2 aromatic rings. The van der Waals surface area contributed by atoms with Crippen LogP contribution < -0.4 is 14.8 Å². The van der Waals surface area contributed by atoms with Crippen LogP contribution in [0.1, 0.15) is 27.1 Å². The molecule has 0 aliphatic carbocycles. The van der Waals surface area contributed by atoms with Crippen LogP contribution in [0, 0.1) is 0 Å². The molecule has 0 unspecified atom stereocenters. The van der Waals surface area contributed by atoms with E-state index in [1.54, 1.807) is 41.1 Å². The summed E-state index contributed by atoms with van der Waals surface area (Å²) in [6.07, 6.45) is 1.56. The van der Waals surface area contributed by atoms with Gasteiger partial charge in [0, 0.05) is 11.3 Å². The van der Waals surface area contributed by atoms with Gasteiger partial charge in [-0.2, -0.15) is 0 Å². The summed E-state index contributed by atoms with van der Waals surface area (Å²) in [4.78, 5) is 27.3. The molecule has 3 heterocycles. The quantitative estimate of drug-likeness (QED) is 0.864. The molecule has 4 rings (SSSR count). The van der Waals surface area contributed by atoms with Crippen molar-refractivity contribution in [2.75, 3.05) is 20.0 Å². The van der Waals surface area contributed by atoms with Crippen molar-refractivity contribution >= 4 is 23.6 Å². The lowest BCUT2D eigenvalue weighted by Crippen LogP contribution is -2.45. The van der Waals surface area contributed by atoms with Crippen molar-refractivity contribution in [2.24, 2.45) is 0 Å². The normalized spacial score (nSPS) is 20.7. The Bertz CT molecular complexity index is 852. The zero-order chi connectivity index (χ0) is 18.3. The van der Waals surface area contributed by atoms with Crippen LogP contribution in [0.2, 0.25) is 0 Å². The van der Waals surface area contributed by atoms with E-state index in [9.17, 15) is 9.59 Å². The van der Waals surface area contributed by atoms with Gasteiger partial charge in [-0.15, -0.1) is 11.8 Å². The first kappa shape index (κ1) is 16.8. The standard InChI is InChI=1S/C18H18N2O5S/c1-23-13-6-5-11-14(15(13)24-2)17(22)20-12(9-26-18(11)20)16(21)19-8-10-4-3-7-25-10/h3-7,12,18H,8-9H2,1-2H3,(H,19,21)/t12-,18+/m0/s1. The van der Waals surface area contributed by atoms with Crippen LogP contribution in [0.25, 0.3) is 0 Å². The number of fused-ring (bicyclic) bond motifs is 3. The molecule has 0 spiro atoms. The minimum absolute atomic E-state index is 0.184. The topological polar surface area (TPSA) is 81.0 Å². The fourth-order valence-electron chi connectivity index (χ4n) is 3.40. The average Bonchev–Trinajstić information content (AvgIpc) is 3.37. The van der Waals surface area contributed by atoms with E-state index in [0.29, 0.717) is 35.1 Å². The molecule has 136 valence electrons. The third-order valence-corrected chi connectivity index (χ3v) is 5.92. The molecule has 1 aromatic heterocycles. The number of amides is 2. The molecule has 7 nitrogen and oxygen atoms in total. The Balaban J connectivity index is 1.58. The first-order valence-corrected chi connectivity index (χ1v) is 9.19. The van der Waals surface area contributed by atoms with Gasteiger partial charge in [0.1, 0.15) is 17.2 Å². The van der Waals surface area contributed by atoms with Crippen molar-refractivity contribution in [3.63, 3.8) is 0 Å². The summed E-state index contributed by atoms with van der Waals surface area (Å²) in [6, 6.07) is 6.69. The van der Waals surface area contributed by atoms with Crippen LogP contribution in [0.4, 0.5) is 0 Å². The average molecular weight is 374 g/mol. The Labute approximate surface area is 154 Å². The fraction of sp³-hybridized carbons (Fsp3) is 0.333. The van der Waals surface area contributed by atoms with Gasteiger partial charge in [0.25, 0.3) is 5.91 Å². The SMILES string of the molecule is COc1ccc2c(c1OC)C(=O)N1[C@@H]2SC[C@H]1C(=O)NCc1ccco1. The summed E-state index contributed by atoms with van der Waals surface area (Å²) >= 11 is 1.58. The van der Waals surface area contributed by atoms with Crippen molar-refractivity contribution in [1.29, 1.82) is 0 Å². The first-order valence-electron chi connectivity index (χ1n) is 8.15. The largest absolute Gasteiger partial charge is 0.493 e. The third kappa shape index (κ3) is 2.52. The van der Waals surface area contributed by atoms with E-state index >= 15 is 0 Å². The molecule has 8 heteroatoms. The Hall–Kier alpha value is -2.61. The summed E-state index contributed by atoms with van der Waals surface area (Å²) in [5, 5.41) is 2.66. The van der Waals surface area contributed by atoms with Gasteiger partial charge < -0.3 is 24.1 Å². The summed E-state index contributed by atoms with van der Waals surface area (Å²) in [6.45, 7) is 0.295. The number of thioether (sulfide) groups is 1. The lowest BCUT2D eigenvalue weighted by molar-refractivity contribution is -0.125. The molecule has 1 N–H and O–H groups in total. The number of carbonyl (C=O) groups is 2. The predicted octanol–water partition coefficient (Wildman–Crippen LogP) is 2.18. The lowest BCUT2D eigenvalue weighted by atomic mass is 10.1. The fourth-order valence-corrected chi connectivity index (χ4v) is 4.85. The highest BCUT2D eigenvalue weighted by molar-refractivity contribution is 7.99. The molecular weight excluding hydrogens is 356 g/mol. The van der Waals surface area contributed by atoms with Gasteiger partial charge in [0.2, 0.25) is 5.91 Å². The van der Waals surface area contributed by atoms with Crippen molar-refractivity contribution in [3.8, 4) is 11.5 Å². The molecule has 2 aliphatic rings. The molecule has 2 atom stereocenters. The summed E-state index contributed by atoms with van der Waals surface area (Å²) < 4.78 is 15.9. The molecule has 0 bridgehead atoms. The highest BCUT2D eigenvalue weighted by Gasteiger charge is 2.50. The van der Waals surface area contributed by atoms with E-state index < -0.39 is 6.04 Å². The minimum Gasteiger partial charge on any atom is -0.493 e. The monoisotopic (exact) mass is 374 g/mol. The molecular formula is C18H18N2O5S. The number of nitrogens with zero attached hydrogens (tertiary/aromatic N) is 1. The number of methoxy groups -OCH3 is 2. The first-order chi connectivity index (χ1) is 12.7. The van der Waals surface area contributed by atoms with Gasteiger partial charge in [0.05, 0.1) is 32.6 Å². The number of benzene rings is 1. The highest BCUT2D eigenvalue weighted by atomic mass is 32.2. The number of rotatable bonds is 5. The molecule has 26 heavy (non-hydrogen) atoms. The number of hydrogen-bond acceptors (Lipinski definition) is 6. The van der Waals surface area contributed by atoms with E-state index in [4.69, 9.17) is 13.9 Å². The van der Waals surface area contributed by atoms with Gasteiger partial charge in [-0.05, 0) is 18.2 Å². The lowest BCUT2D eigenvalue weighted by Gasteiger charge is -2.22. The van der Waals surface area contributed by atoms with Gasteiger partial charge in [-0.25, -0.2) is 0 Å².